The van der Waals surface area contributed by atoms with Gasteiger partial charge in [-0.1, -0.05) is 26.7 Å². The van der Waals surface area contributed by atoms with Crippen molar-refractivity contribution >= 4 is 15.8 Å². The van der Waals surface area contributed by atoms with Crippen LogP contribution in [0.2, 0.25) is 0 Å². The zero-order valence-corrected chi connectivity index (χ0v) is 11.5. The first kappa shape index (κ1) is 17.2. The van der Waals surface area contributed by atoms with Crippen LogP contribution in [0.1, 0.15) is 0 Å². The summed E-state index contributed by atoms with van der Waals surface area (Å²) >= 11 is 0. The molecule has 0 bridgehead atoms. The fourth-order valence-electron chi connectivity index (χ4n) is 0. The second kappa shape index (κ2) is 12.6. The van der Waals surface area contributed by atoms with Crippen molar-refractivity contribution in [3.8, 4) is 0 Å². The molecule has 0 saturated carbocycles. The zero-order valence-electron chi connectivity index (χ0n) is 6.89. The van der Waals surface area contributed by atoms with E-state index < -0.39 is 0 Å². The van der Waals surface area contributed by atoms with Crippen LogP contribution in [0.25, 0.3) is 0 Å². The van der Waals surface area contributed by atoms with E-state index in [9.17, 15) is 0 Å². The molecule has 1 radical (unpaired) electrons. The van der Waals surface area contributed by atoms with E-state index in [1.165, 1.54) is 0 Å². The van der Waals surface area contributed by atoms with Crippen LogP contribution in [0.15, 0.2) is 0 Å². The van der Waals surface area contributed by atoms with Crippen LogP contribution in [0.5, 0.6) is 0 Å². The van der Waals surface area contributed by atoms with E-state index in [2.05, 4.69) is 40.0 Å². The van der Waals surface area contributed by atoms with E-state index in [1.54, 1.807) is 0 Å². The molecule has 0 amide bonds. The Balaban J connectivity index is -0.0000000720. The van der Waals surface area contributed by atoms with Crippen LogP contribution in [0, 0.1) is 13.3 Å². The van der Waals surface area contributed by atoms with Gasteiger partial charge in [0.1, 0.15) is 0 Å². The van der Waals surface area contributed by atoms with E-state index in [-0.39, 0.29) is 48.6 Å². The van der Waals surface area contributed by atoms with E-state index in [4.69, 9.17) is 0 Å². The molecule has 0 aliphatic heterocycles. The van der Waals surface area contributed by atoms with Gasteiger partial charge in [-0.25, -0.2) is 0 Å². The Morgan fingerprint density at radius 3 is 0.778 bits per heavy atom. The average Bonchev–Trinajstić information content (AvgIpc) is 1.25. The fourth-order valence-corrected chi connectivity index (χ4v) is 0. The Labute approximate surface area is 88.0 Å². The summed E-state index contributed by atoms with van der Waals surface area (Å²) in [6.45, 7) is 15.9. The van der Waals surface area contributed by atoms with E-state index in [0.29, 0.717) is 0 Å². The first-order chi connectivity index (χ1) is 3.46. The molecule has 0 aliphatic rings. The smallest absolute Gasteiger partial charge is 0 e. The standard InChI is InChI=1S/2C3H8P.Y/c2*1-4(2)3;/h2*1H2,2-3H3;/q2*-1;. The molecule has 55 valence electrons. The second-order valence-electron chi connectivity index (χ2n) is 2.16. The molecule has 0 saturated heterocycles. The van der Waals surface area contributed by atoms with Gasteiger partial charge in [-0.3, -0.25) is 15.8 Å². The van der Waals surface area contributed by atoms with Crippen molar-refractivity contribution in [1.82, 2.24) is 0 Å². The van der Waals surface area contributed by atoms with Gasteiger partial charge >= 0.3 is 0 Å². The van der Waals surface area contributed by atoms with E-state index in [0.717, 1.165) is 0 Å². The molecule has 0 aromatic carbocycles. The molecule has 0 aliphatic carbocycles. The Morgan fingerprint density at radius 1 is 0.778 bits per heavy atom. The van der Waals surface area contributed by atoms with Crippen LogP contribution in [-0.4, -0.2) is 26.7 Å². The molecule has 0 aromatic rings. The summed E-state index contributed by atoms with van der Waals surface area (Å²) in [4.78, 5) is 0. The molecule has 3 heteroatoms. The van der Waals surface area contributed by atoms with Gasteiger partial charge < -0.3 is 13.3 Å². The summed E-state index contributed by atoms with van der Waals surface area (Å²) in [5, 5.41) is 0. The van der Waals surface area contributed by atoms with E-state index >= 15 is 0 Å². The summed E-state index contributed by atoms with van der Waals surface area (Å²) in [5.74, 6) is 0. The third-order valence-corrected chi connectivity index (χ3v) is 0. The summed E-state index contributed by atoms with van der Waals surface area (Å²) in [7, 11) is 0.259. The first-order valence-electron chi connectivity index (χ1n) is 2.42. The molecule has 0 rings (SSSR count). The van der Waals surface area contributed by atoms with Crippen LogP contribution in [0.4, 0.5) is 0 Å². The number of hydrogen-bond donors (Lipinski definition) is 0. The molecule has 0 heterocycles. The van der Waals surface area contributed by atoms with Crippen molar-refractivity contribution in [1.29, 1.82) is 0 Å². The second-order valence-corrected chi connectivity index (χ2v) is 6.48. The maximum absolute atomic E-state index is 3.70. The summed E-state index contributed by atoms with van der Waals surface area (Å²) < 4.78 is 0. The fraction of sp³-hybridized carbons (Fsp3) is 0.667. The molecule has 0 nitrogen and oxygen atoms in total. The molecular weight excluding hydrogens is 223 g/mol. The first-order valence-corrected chi connectivity index (χ1v) is 7.26. The molecule has 0 spiro atoms. The van der Waals surface area contributed by atoms with Gasteiger partial charge in [0.05, 0.1) is 0 Å². The predicted octanol–water partition coefficient (Wildman–Crippen LogP) is 3.04. The van der Waals surface area contributed by atoms with Crippen molar-refractivity contribution in [2.45, 2.75) is 0 Å². The molecule has 0 fully saturated rings. The topological polar surface area (TPSA) is 0 Å². The van der Waals surface area contributed by atoms with Crippen molar-refractivity contribution in [3.63, 3.8) is 0 Å². The Hall–Kier alpha value is 1.96. The van der Waals surface area contributed by atoms with Gasteiger partial charge in [-0.05, 0) is 0 Å². The normalized spacial score (nSPS) is 8.00. The SMILES string of the molecule is [CH2-]P(C)C.[CH2-]P(C)C.[Y]. The van der Waals surface area contributed by atoms with Gasteiger partial charge in [0, 0.05) is 32.7 Å². The largest absolute Gasteiger partial charge is 0.317 e. The van der Waals surface area contributed by atoms with Crippen molar-refractivity contribution in [3.05, 3.63) is 13.3 Å². The monoisotopic (exact) mass is 239 g/mol. The summed E-state index contributed by atoms with van der Waals surface area (Å²) in [5.41, 5.74) is 0. The van der Waals surface area contributed by atoms with Crippen LogP contribution in [-0.2, 0) is 32.7 Å². The minimum absolute atomic E-state index is 0. The minimum Gasteiger partial charge on any atom is -0.317 e. The van der Waals surface area contributed by atoms with Crippen LogP contribution >= 0.6 is 15.8 Å². The quantitative estimate of drug-likeness (QED) is 0.450. The molecule has 0 aromatic heterocycles. The summed E-state index contributed by atoms with van der Waals surface area (Å²) in [6, 6.07) is 0. The predicted molar refractivity (Wildman–Crippen MR) is 48.3 cm³/mol. The van der Waals surface area contributed by atoms with Gasteiger partial charge in [-0.15, -0.1) is 0 Å². The zero-order chi connectivity index (χ0) is 7.15. The van der Waals surface area contributed by atoms with Crippen molar-refractivity contribution in [2.75, 3.05) is 26.7 Å². The maximum atomic E-state index is 3.70. The Morgan fingerprint density at radius 2 is 0.778 bits per heavy atom. The van der Waals surface area contributed by atoms with Gasteiger partial charge in [0.25, 0.3) is 0 Å². The number of hydrogen-bond acceptors (Lipinski definition) is 0. The van der Waals surface area contributed by atoms with Crippen LogP contribution < -0.4 is 0 Å². The molecular formula is C6H16P2Y-2. The van der Waals surface area contributed by atoms with Gasteiger partial charge in [0.2, 0.25) is 0 Å². The third-order valence-electron chi connectivity index (χ3n) is 0. The Bertz CT molecular complexity index is 26.5. The van der Waals surface area contributed by atoms with Gasteiger partial charge in [0.15, 0.2) is 0 Å². The van der Waals surface area contributed by atoms with E-state index in [1.807, 2.05) is 0 Å². The third kappa shape index (κ3) is 164. The minimum atomic E-state index is 0. The molecule has 0 N–H and O–H groups in total. The maximum Gasteiger partial charge on any atom is 0 e. The molecule has 9 heavy (non-hydrogen) atoms. The summed E-state index contributed by atoms with van der Waals surface area (Å²) in [6.07, 6.45) is 0. The van der Waals surface area contributed by atoms with Gasteiger partial charge in [-0.2, -0.15) is 0 Å². The molecule has 0 unspecified atom stereocenters. The van der Waals surface area contributed by atoms with Crippen LogP contribution in [0.3, 0.4) is 0 Å². The molecule has 0 atom stereocenters. The van der Waals surface area contributed by atoms with Crippen molar-refractivity contribution < 1.29 is 32.7 Å². The average molecular weight is 239 g/mol. The Kier molecular flexibility index (Phi) is 24.1. The number of rotatable bonds is 0. The van der Waals surface area contributed by atoms with Crippen molar-refractivity contribution in [2.24, 2.45) is 0 Å².